The average molecular weight is 368 g/mol. The van der Waals surface area contributed by atoms with E-state index < -0.39 is 6.04 Å². The third kappa shape index (κ3) is 6.67. The van der Waals surface area contributed by atoms with Gasteiger partial charge in [-0.1, -0.05) is 26.7 Å². The van der Waals surface area contributed by atoms with Crippen LogP contribution in [0.5, 0.6) is 0 Å². The van der Waals surface area contributed by atoms with Crippen molar-refractivity contribution in [2.45, 2.75) is 52.0 Å². The van der Waals surface area contributed by atoms with Crippen molar-refractivity contribution in [3.8, 4) is 0 Å². The third-order valence-corrected chi connectivity index (χ3v) is 4.35. The van der Waals surface area contributed by atoms with Crippen molar-refractivity contribution in [2.75, 3.05) is 18.4 Å². The largest absolute Gasteiger partial charge is 0.339 e. The first-order chi connectivity index (χ1) is 11.5. The van der Waals surface area contributed by atoms with Crippen molar-refractivity contribution in [1.82, 2.24) is 4.90 Å². The number of carbonyl (C=O) groups is 2. The second-order valence-electron chi connectivity index (χ2n) is 7.01. The van der Waals surface area contributed by atoms with E-state index in [9.17, 15) is 9.59 Å². The molecule has 5 nitrogen and oxygen atoms in total. The molecule has 2 amide bonds. The maximum absolute atomic E-state index is 12.5. The summed E-state index contributed by atoms with van der Waals surface area (Å²) >= 11 is 0. The zero-order valence-electron chi connectivity index (χ0n) is 15.2. The molecular formula is C19H30ClN3O2. The van der Waals surface area contributed by atoms with Crippen LogP contribution in [-0.2, 0) is 4.79 Å². The van der Waals surface area contributed by atoms with E-state index in [4.69, 9.17) is 5.73 Å². The van der Waals surface area contributed by atoms with Crippen LogP contribution in [0.4, 0.5) is 5.69 Å². The van der Waals surface area contributed by atoms with Gasteiger partial charge in [0.25, 0.3) is 5.91 Å². The summed E-state index contributed by atoms with van der Waals surface area (Å²) in [6.07, 6.45) is 5.20. The molecule has 25 heavy (non-hydrogen) atoms. The molecule has 1 aromatic carbocycles. The predicted molar refractivity (Wildman–Crippen MR) is 104 cm³/mol. The summed E-state index contributed by atoms with van der Waals surface area (Å²) in [5.74, 6) is 0.265. The number of anilines is 1. The number of halogens is 1. The molecule has 6 heteroatoms. The number of benzene rings is 1. The highest BCUT2D eigenvalue weighted by atomic mass is 35.5. The molecule has 1 atom stereocenters. The van der Waals surface area contributed by atoms with Crippen LogP contribution in [0.3, 0.4) is 0 Å². The average Bonchev–Trinajstić information content (AvgIpc) is 2.83. The number of hydrogen-bond donors (Lipinski definition) is 2. The number of nitrogens with zero attached hydrogens (tertiary/aromatic N) is 1. The molecule has 0 aliphatic carbocycles. The maximum atomic E-state index is 12.5. The SMILES string of the molecule is CC(C)C[C@H](N)C(=O)Nc1ccc(C(=O)N2CCCCCC2)cc1.Cl. The minimum Gasteiger partial charge on any atom is -0.339 e. The first kappa shape index (κ1) is 21.5. The summed E-state index contributed by atoms with van der Waals surface area (Å²) in [5, 5.41) is 2.81. The molecule has 0 radical (unpaired) electrons. The van der Waals surface area contributed by atoms with E-state index in [0.717, 1.165) is 25.9 Å². The number of rotatable bonds is 5. The third-order valence-electron chi connectivity index (χ3n) is 4.35. The molecule has 1 aliphatic rings. The molecule has 0 spiro atoms. The van der Waals surface area contributed by atoms with E-state index in [1.807, 2.05) is 18.7 Å². The number of nitrogens with two attached hydrogens (primary N) is 1. The van der Waals surface area contributed by atoms with Gasteiger partial charge < -0.3 is 16.0 Å². The lowest BCUT2D eigenvalue weighted by Crippen LogP contribution is -2.36. The Morgan fingerprint density at radius 3 is 2.16 bits per heavy atom. The molecule has 0 saturated carbocycles. The second kappa shape index (κ2) is 10.4. The minimum atomic E-state index is -0.511. The molecule has 1 aromatic rings. The van der Waals surface area contributed by atoms with E-state index in [0.29, 0.717) is 23.6 Å². The van der Waals surface area contributed by atoms with Crippen molar-refractivity contribution >= 4 is 29.9 Å². The van der Waals surface area contributed by atoms with Crippen molar-refractivity contribution < 1.29 is 9.59 Å². The van der Waals surface area contributed by atoms with Crippen LogP contribution in [0.25, 0.3) is 0 Å². The van der Waals surface area contributed by atoms with Crippen LogP contribution >= 0.6 is 12.4 Å². The predicted octanol–water partition coefficient (Wildman–Crippen LogP) is 3.44. The Bertz CT molecular complexity index is 552. The van der Waals surface area contributed by atoms with Crippen molar-refractivity contribution in [1.29, 1.82) is 0 Å². The highest BCUT2D eigenvalue weighted by molar-refractivity contribution is 5.97. The Kier molecular flexibility index (Phi) is 8.93. The van der Waals surface area contributed by atoms with Crippen molar-refractivity contribution in [3.05, 3.63) is 29.8 Å². The quantitative estimate of drug-likeness (QED) is 0.837. The lowest BCUT2D eigenvalue weighted by Gasteiger charge is -2.20. The van der Waals surface area contributed by atoms with Gasteiger partial charge in [0.05, 0.1) is 6.04 Å². The van der Waals surface area contributed by atoms with Crippen LogP contribution < -0.4 is 11.1 Å². The molecule has 1 fully saturated rings. The summed E-state index contributed by atoms with van der Waals surface area (Å²) < 4.78 is 0. The zero-order chi connectivity index (χ0) is 17.5. The van der Waals surface area contributed by atoms with Gasteiger partial charge in [0.1, 0.15) is 0 Å². The Morgan fingerprint density at radius 2 is 1.64 bits per heavy atom. The van der Waals surface area contributed by atoms with Crippen LogP contribution in [0.2, 0.25) is 0 Å². The Labute approximate surface area is 156 Å². The van der Waals surface area contributed by atoms with Crippen LogP contribution in [0.1, 0.15) is 56.3 Å². The van der Waals surface area contributed by atoms with Gasteiger partial charge in [0.2, 0.25) is 5.91 Å². The smallest absolute Gasteiger partial charge is 0.253 e. The van der Waals surface area contributed by atoms with E-state index >= 15 is 0 Å². The van der Waals surface area contributed by atoms with Gasteiger partial charge in [-0.05, 0) is 49.4 Å². The first-order valence-corrected chi connectivity index (χ1v) is 8.93. The molecule has 1 aliphatic heterocycles. The molecule has 2 rings (SSSR count). The van der Waals surface area contributed by atoms with Crippen LogP contribution in [-0.4, -0.2) is 35.8 Å². The molecular weight excluding hydrogens is 338 g/mol. The van der Waals surface area contributed by atoms with Gasteiger partial charge in [-0.2, -0.15) is 0 Å². The minimum absolute atomic E-state index is 0. The topological polar surface area (TPSA) is 75.4 Å². The summed E-state index contributed by atoms with van der Waals surface area (Å²) in [4.78, 5) is 26.5. The summed E-state index contributed by atoms with van der Waals surface area (Å²) in [6, 6.07) is 6.58. The fourth-order valence-corrected chi connectivity index (χ4v) is 3.00. The summed E-state index contributed by atoms with van der Waals surface area (Å²) in [5.41, 5.74) is 7.22. The molecule has 140 valence electrons. The first-order valence-electron chi connectivity index (χ1n) is 8.93. The van der Waals surface area contributed by atoms with Crippen LogP contribution in [0.15, 0.2) is 24.3 Å². The highest BCUT2D eigenvalue weighted by Crippen LogP contribution is 2.16. The standard InChI is InChI=1S/C19H29N3O2.ClH/c1-14(2)13-17(20)18(23)21-16-9-7-15(8-10-16)19(24)22-11-5-3-4-6-12-22;/h7-10,14,17H,3-6,11-13,20H2,1-2H3,(H,21,23);1H/t17-;/m0./s1. The molecule has 0 aromatic heterocycles. The lowest BCUT2D eigenvalue weighted by atomic mass is 10.0. The van der Waals surface area contributed by atoms with Crippen LogP contribution in [0, 0.1) is 5.92 Å². The fraction of sp³-hybridized carbons (Fsp3) is 0.579. The Hall–Kier alpha value is -1.59. The van der Waals surface area contributed by atoms with Gasteiger partial charge >= 0.3 is 0 Å². The van der Waals surface area contributed by atoms with Gasteiger partial charge in [-0.15, -0.1) is 12.4 Å². The lowest BCUT2D eigenvalue weighted by molar-refractivity contribution is -0.117. The number of carbonyl (C=O) groups excluding carboxylic acids is 2. The number of hydrogen-bond acceptors (Lipinski definition) is 3. The van der Waals surface area contributed by atoms with Gasteiger partial charge in [0, 0.05) is 24.3 Å². The molecule has 0 bridgehead atoms. The summed E-state index contributed by atoms with van der Waals surface area (Å²) in [6.45, 7) is 5.75. The Morgan fingerprint density at radius 1 is 1.08 bits per heavy atom. The van der Waals surface area contributed by atoms with Gasteiger partial charge in [-0.25, -0.2) is 0 Å². The van der Waals surface area contributed by atoms with E-state index in [2.05, 4.69) is 5.32 Å². The van der Waals surface area contributed by atoms with E-state index in [1.165, 1.54) is 12.8 Å². The zero-order valence-corrected chi connectivity index (χ0v) is 16.0. The Balaban J connectivity index is 0.00000312. The fourth-order valence-electron chi connectivity index (χ4n) is 3.00. The number of likely N-dealkylation sites (tertiary alicyclic amines) is 1. The van der Waals surface area contributed by atoms with Crippen molar-refractivity contribution in [3.63, 3.8) is 0 Å². The number of nitrogens with one attached hydrogen (secondary N) is 1. The molecule has 1 heterocycles. The highest BCUT2D eigenvalue weighted by Gasteiger charge is 2.18. The van der Waals surface area contributed by atoms with E-state index in [-0.39, 0.29) is 24.2 Å². The van der Waals surface area contributed by atoms with E-state index in [1.54, 1.807) is 24.3 Å². The monoisotopic (exact) mass is 367 g/mol. The normalized spacial score (nSPS) is 15.9. The molecule has 1 saturated heterocycles. The van der Waals surface area contributed by atoms with Crippen molar-refractivity contribution in [2.24, 2.45) is 11.7 Å². The molecule has 3 N–H and O–H groups in total. The second-order valence-corrected chi connectivity index (χ2v) is 7.01. The number of amides is 2. The van der Waals surface area contributed by atoms with Gasteiger partial charge in [0.15, 0.2) is 0 Å². The summed E-state index contributed by atoms with van der Waals surface area (Å²) in [7, 11) is 0. The van der Waals surface area contributed by atoms with Gasteiger partial charge in [-0.3, -0.25) is 9.59 Å². The maximum Gasteiger partial charge on any atom is 0.253 e. The molecule has 0 unspecified atom stereocenters.